The molecule has 0 radical (unpaired) electrons. The summed E-state index contributed by atoms with van der Waals surface area (Å²) in [6.07, 6.45) is 5.14. The van der Waals surface area contributed by atoms with Crippen LogP contribution in [-0.4, -0.2) is 51.9 Å². The van der Waals surface area contributed by atoms with Gasteiger partial charge in [0.15, 0.2) is 0 Å². The van der Waals surface area contributed by atoms with Crippen molar-refractivity contribution in [3.63, 3.8) is 0 Å². The predicted molar refractivity (Wildman–Crippen MR) is 80.3 cm³/mol. The molecule has 0 aliphatic carbocycles. The molecular weight excluding hydrogens is 290 g/mol. The summed E-state index contributed by atoms with van der Waals surface area (Å²) in [4.78, 5) is 28.1. The maximum Gasteiger partial charge on any atom is 0.270 e. The standard InChI is InChI=1S/C15H20ClN3O2/c1-17-10-11(16)9-13(17)15(21)18-7-4-12(5-8-18)19-6-2-3-14(19)20/h9-10,12H,2-8H2,1H3. The minimum atomic E-state index is 0.0237. The van der Waals surface area contributed by atoms with Crippen molar-refractivity contribution < 1.29 is 9.59 Å². The number of halogens is 1. The average Bonchev–Trinajstić information content (AvgIpc) is 3.04. The SMILES string of the molecule is Cn1cc(Cl)cc1C(=O)N1CCC(N2CCCC2=O)CC1. The third kappa shape index (κ3) is 2.79. The number of carbonyl (C=O) groups excluding carboxylic acids is 2. The fraction of sp³-hybridized carbons (Fsp3) is 0.600. The summed E-state index contributed by atoms with van der Waals surface area (Å²) >= 11 is 5.94. The van der Waals surface area contributed by atoms with E-state index in [0.29, 0.717) is 36.3 Å². The Balaban J connectivity index is 1.62. The molecule has 1 aromatic heterocycles. The van der Waals surface area contributed by atoms with E-state index in [1.165, 1.54) is 0 Å². The van der Waals surface area contributed by atoms with E-state index >= 15 is 0 Å². The number of likely N-dealkylation sites (tertiary alicyclic amines) is 2. The summed E-state index contributed by atoms with van der Waals surface area (Å²) < 4.78 is 1.76. The molecule has 0 atom stereocenters. The quantitative estimate of drug-likeness (QED) is 0.837. The van der Waals surface area contributed by atoms with Gasteiger partial charge in [0.2, 0.25) is 5.91 Å². The van der Waals surface area contributed by atoms with Crippen molar-refractivity contribution in [2.24, 2.45) is 7.05 Å². The van der Waals surface area contributed by atoms with Crippen LogP contribution < -0.4 is 0 Å². The molecule has 114 valence electrons. The number of carbonyl (C=O) groups is 2. The van der Waals surface area contributed by atoms with E-state index in [4.69, 9.17) is 11.6 Å². The second-order valence-corrected chi connectivity index (χ2v) is 6.30. The van der Waals surface area contributed by atoms with Gasteiger partial charge in [-0.3, -0.25) is 9.59 Å². The smallest absolute Gasteiger partial charge is 0.270 e. The van der Waals surface area contributed by atoms with Crippen LogP contribution in [0.3, 0.4) is 0 Å². The Hall–Kier alpha value is -1.49. The number of aromatic nitrogens is 1. The van der Waals surface area contributed by atoms with Crippen LogP contribution in [0.5, 0.6) is 0 Å². The average molecular weight is 310 g/mol. The minimum Gasteiger partial charge on any atom is -0.345 e. The molecule has 0 aromatic carbocycles. The summed E-state index contributed by atoms with van der Waals surface area (Å²) in [6, 6.07) is 2.01. The van der Waals surface area contributed by atoms with Gasteiger partial charge in [0.05, 0.1) is 5.02 Å². The number of nitrogens with zero attached hydrogens (tertiary/aromatic N) is 3. The van der Waals surface area contributed by atoms with Crippen molar-refractivity contribution in [3.05, 3.63) is 23.0 Å². The first kappa shape index (κ1) is 14.4. The van der Waals surface area contributed by atoms with Gasteiger partial charge in [0.1, 0.15) is 5.69 Å². The number of rotatable bonds is 2. The highest BCUT2D eigenvalue weighted by Gasteiger charge is 2.32. The van der Waals surface area contributed by atoms with E-state index in [0.717, 1.165) is 25.8 Å². The third-order valence-electron chi connectivity index (χ3n) is 4.49. The topological polar surface area (TPSA) is 45.6 Å². The Bertz CT molecular complexity index is 561. The minimum absolute atomic E-state index is 0.0237. The first-order chi connectivity index (χ1) is 10.1. The Kier molecular flexibility index (Phi) is 3.93. The molecule has 21 heavy (non-hydrogen) atoms. The van der Waals surface area contributed by atoms with Gasteiger partial charge in [0, 0.05) is 45.3 Å². The van der Waals surface area contributed by atoms with Gasteiger partial charge in [-0.05, 0) is 25.3 Å². The Morgan fingerprint density at radius 3 is 2.52 bits per heavy atom. The lowest BCUT2D eigenvalue weighted by atomic mass is 10.0. The van der Waals surface area contributed by atoms with E-state index in [1.54, 1.807) is 16.8 Å². The lowest BCUT2D eigenvalue weighted by Crippen LogP contribution is -2.47. The lowest BCUT2D eigenvalue weighted by Gasteiger charge is -2.36. The maximum atomic E-state index is 12.5. The van der Waals surface area contributed by atoms with Gasteiger partial charge in [-0.1, -0.05) is 11.6 Å². The van der Waals surface area contributed by atoms with Crippen molar-refractivity contribution in [2.45, 2.75) is 31.7 Å². The monoisotopic (exact) mass is 309 g/mol. The Labute approximate surface area is 129 Å². The summed E-state index contributed by atoms with van der Waals surface area (Å²) in [5, 5.41) is 0.582. The molecule has 2 saturated heterocycles. The normalized spacial score (nSPS) is 20.4. The number of piperidine rings is 1. The van der Waals surface area contributed by atoms with Gasteiger partial charge < -0.3 is 14.4 Å². The zero-order valence-corrected chi connectivity index (χ0v) is 13.0. The van der Waals surface area contributed by atoms with Gasteiger partial charge in [-0.2, -0.15) is 0 Å². The second kappa shape index (κ2) is 5.72. The highest BCUT2D eigenvalue weighted by Crippen LogP contribution is 2.23. The Morgan fingerprint density at radius 2 is 2.00 bits per heavy atom. The summed E-state index contributed by atoms with van der Waals surface area (Å²) in [6.45, 7) is 2.29. The van der Waals surface area contributed by atoms with Crippen molar-refractivity contribution in [2.75, 3.05) is 19.6 Å². The molecule has 0 bridgehead atoms. The molecule has 5 nitrogen and oxygen atoms in total. The molecule has 3 heterocycles. The van der Waals surface area contributed by atoms with Crippen molar-refractivity contribution in [3.8, 4) is 0 Å². The fourth-order valence-corrected chi connectivity index (χ4v) is 3.58. The molecule has 6 heteroatoms. The van der Waals surface area contributed by atoms with E-state index < -0.39 is 0 Å². The highest BCUT2D eigenvalue weighted by molar-refractivity contribution is 6.31. The Morgan fingerprint density at radius 1 is 1.29 bits per heavy atom. The summed E-state index contributed by atoms with van der Waals surface area (Å²) in [5.74, 6) is 0.296. The van der Waals surface area contributed by atoms with Crippen LogP contribution in [0, 0.1) is 0 Å². The number of amides is 2. The van der Waals surface area contributed by atoms with Crippen LogP contribution in [0.4, 0.5) is 0 Å². The molecule has 0 spiro atoms. The zero-order valence-electron chi connectivity index (χ0n) is 12.2. The van der Waals surface area contributed by atoms with Crippen LogP contribution in [0.2, 0.25) is 5.02 Å². The van der Waals surface area contributed by atoms with Crippen molar-refractivity contribution >= 4 is 23.4 Å². The first-order valence-electron chi connectivity index (χ1n) is 7.47. The van der Waals surface area contributed by atoms with Gasteiger partial charge in [0.25, 0.3) is 5.91 Å². The van der Waals surface area contributed by atoms with Crippen LogP contribution in [-0.2, 0) is 11.8 Å². The molecule has 0 saturated carbocycles. The van der Waals surface area contributed by atoms with Crippen molar-refractivity contribution in [1.29, 1.82) is 0 Å². The largest absolute Gasteiger partial charge is 0.345 e. The second-order valence-electron chi connectivity index (χ2n) is 5.87. The van der Waals surface area contributed by atoms with Gasteiger partial charge in [-0.25, -0.2) is 0 Å². The lowest BCUT2D eigenvalue weighted by molar-refractivity contribution is -0.130. The molecular formula is C15H20ClN3O2. The van der Waals surface area contributed by atoms with E-state index in [1.807, 2.05) is 16.8 Å². The van der Waals surface area contributed by atoms with Gasteiger partial charge in [-0.15, -0.1) is 0 Å². The molecule has 0 unspecified atom stereocenters. The van der Waals surface area contributed by atoms with Crippen LogP contribution in [0.15, 0.2) is 12.3 Å². The van der Waals surface area contributed by atoms with Gasteiger partial charge >= 0.3 is 0 Å². The molecule has 2 amide bonds. The van der Waals surface area contributed by atoms with Crippen LogP contribution in [0.25, 0.3) is 0 Å². The number of aryl methyl sites for hydroxylation is 1. The van der Waals surface area contributed by atoms with Crippen LogP contribution >= 0.6 is 11.6 Å². The zero-order chi connectivity index (χ0) is 15.0. The van der Waals surface area contributed by atoms with Crippen LogP contribution in [0.1, 0.15) is 36.2 Å². The maximum absolute atomic E-state index is 12.5. The molecule has 2 fully saturated rings. The van der Waals surface area contributed by atoms with E-state index in [-0.39, 0.29) is 11.8 Å². The number of hydrogen-bond donors (Lipinski definition) is 0. The first-order valence-corrected chi connectivity index (χ1v) is 7.84. The predicted octanol–water partition coefficient (Wildman–Crippen LogP) is 1.91. The molecule has 0 N–H and O–H groups in total. The fourth-order valence-electron chi connectivity index (χ4n) is 3.33. The molecule has 1 aromatic rings. The number of hydrogen-bond acceptors (Lipinski definition) is 2. The summed E-state index contributed by atoms with van der Waals surface area (Å²) in [7, 11) is 1.83. The molecule has 3 rings (SSSR count). The molecule has 2 aliphatic heterocycles. The highest BCUT2D eigenvalue weighted by atomic mass is 35.5. The third-order valence-corrected chi connectivity index (χ3v) is 4.70. The summed E-state index contributed by atoms with van der Waals surface area (Å²) in [5.41, 5.74) is 0.621. The van der Waals surface area contributed by atoms with Crippen molar-refractivity contribution in [1.82, 2.24) is 14.4 Å². The van der Waals surface area contributed by atoms with E-state index in [9.17, 15) is 9.59 Å². The molecule has 2 aliphatic rings. The van der Waals surface area contributed by atoms with E-state index in [2.05, 4.69) is 0 Å².